The van der Waals surface area contributed by atoms with Crippen LogP contribution in [0.1, 0.15) is 18.0 Å². The van der Waals surface area contributed by atoms with Gasteiger partial charge in [0.2, 0.25) is 5.91 Å². The zero-order valence-electron chi connectivity index (χ0n) is 12.9. The van der Waals surface area contributed by atoms with Crippen LogP contribution in [0, 0.1) is 5.41 Å². The molecule has 0 spiro atoms. The minimum absolute atomic E-state index is 0.363. The maximum absolute atomic E-state index is 13.1. The summed E-state index contributed by atoms with van der Waals surface area (Å²) in [6.45, 7) is -2.05. The lowest BCUT2D eigenvalue weighted by atomic mass is 9.85. The molecule has 24 heavy (non-hydrogen) atoms. The summed E-state index contributed by atoms with van der Waals surface area (Å²) in [7, 11) is 2.97. The first kappa shape index (κ1) is 18.6. The molecule has 0 bridgehead atoms. The molecule has 1 saturated heterocycles. The Bertz CT molecular complexity index is 594. The summed E-state index contributed by atoms with van der Waals surface area (Å²) in [4.78, 5) is 13.0. The van der Waals surface area contributed by atoms with E-state index in [2.05, 4.69) is 10.4 Å². The van der Waals surface area contributed by atoms with Crippen LogP contribution in [0.2, 0.25) is 0 Å². The SMILES string of the molecule is CNC(C(=O)N1CCC(C(F)(F)F)(C(F)(F)F)C1)c1cnn(C)c1. The molecule has 1 aromatic rings. The molecule has 0 saturated carbocycles. The number of likely N-dealkylation sites (tertiary alicyclic amines) is 1. The van der Waals surface area contributed by atoms with Crippen molar-refractivity contribution < 1.29 is 31.1 Å². The maximum atomic E-state index is 13.1. The van der Waals surface area contributed by atoms with Crippen LogP contribution in [-0.4, -0.2) is 53.1 Å². The number of hydrogen-bond donors (Lipinski definition) is 1. The summed E-state index contributed by atoms with van der Waals surface area (Å²) in [6, 6.07) is -1.06. The second kappa shape index (κ2) is 5.94. The largest absolute Gasteiger partial charge is 0.404 e. The number of halogens is 6. The van der Waals surface area contributed by atoms with Gasteiger partial charge in [0.25, 0.3) is 0 Å². The molecular formula is C13H16F6N4O. The molecular weight excluding hydrogens is 342 g/mol. The lowest BCUT2D eigenvalue weighted by Crippen LogP contribution is -2.52. The Kier molecular flexibility index (Phi) is 4.59. The normalized spacial score (nSPS) is 19.6. The fourth-order valence-corrected chi connectivity index (χ4v) is 2.83. The number of amides is 1. The molecule has 1 fully saturated rings. The first-order valence-corrected chi connectivity index (χ1v) is 7.01. The number of likely N-dealkylation sites (N-methyl/N-ethyl adjacent to an activating group) is 1. The van der Waals surface area contributed by atoms with E-state index in [4.69, 9.17) is 0 Å². The van der Waals surface area contributed by atoms with Crippen molar-refractivity contribution in [3.8, 4) is 0 Å². The van der Waals surface area contributed by atoms with Gasteiger partial charge in [-0.2, -0.15) is 31.4 Å². The van der Waals surface area contributed by atoms with E-state index in [0.29, 0.717) is 10.5 Å². The van der Waals surface area contributed by atoms with Gasteiger partial charge in [0, 0.05) is 31.9 Å². The summed E-state index contributed by atoms with van der Waals surface area (Å²) in [5.41, 5.74) is -3.52. The predicted octanol–water partition coefficient (Wildman–Crippen LogP) is 2.02. The van der Waals surface area contributed by atoms with Gasteiger partial charge in [-0.25, -0.2) is 0 Å². The molecule has 1 N–H and O–H groups in total. The lowest BCUT2D eigenvalue weighted by Gasteiger charge is -2.33. The third kappa shape index (κ3) is 2.96. The Morgan fingerprint density at radius 2 is 1.88 bits per heavy atom. The van der Waals surface area contributed by atoms with E-state index >= 15 is 0 Å². The molecule has 1 aromatic heterocycles. The number of nitrogens with one attached hydrogen (secondary N) is 1. The number of aryl methyl sites for hydroxylation is 1. The van der Waals surface area contributed by atoms with Gasteiger partial charge >= 0.3 is 12.4 Å². The molecule has 136 valence electrons. The zero-order valence-corrected chi connectivity index (χ0v) is 12.9. The monoisotopic (exact) mass is 358 g/mol. The second-order valence-corrected chi connectivity index (χ2v) is 5.76. The molecule has 0 aliphatic carbocycles. The van der Waals surface area contributed by atoms with Crippen molar-refractivity contribution in [1.29, 1.82) is 0 Å². The highest BCUT2D eigenvalue weighted by atomic mass is 19.4. The molecule has 0 aromatic carbocycles. The predicted molar refractivity (Wildman–Crippen MR) is 70.7 cm³/mol. The van der Waals surface area contributed by atoms with Gasteiger partial charge < -0.3 is 10.2 Å². The number of hydrogen-bond acceptors (Lipinski definition) is 3. The molecule has 5 nitrogen and oxygen atoms in total. The summed E-state index contributed by atoms with van der Waals surface area (Å²) in [5, 5.41) is 6.45. The Labute approximate surface area is 133 Å². The minimum atomic E-state index is -5.48. The molecule has 1 aliphatic heterocycles. The quantitative estimate of drug-likeness (QED) is 0.842. The lowest BCUT2D eigenvalue weighted by molar-refractivity contribution is -0.334. The maximum Gasteiger partial charge on any atom is 0.404 e. The number of nitrogens with zero attached hydrogens (tertiary/aromatic N) is 3. The van der Waals surface area contributed by atoms with E-state index in [9.17, 15) is 31.1 Å². The highest BCUT2D eigenvalue weighted by molar-refractivity contribution is 5.83. The Balaban J connectivity index is 2.26. The highest BCUT2D eigenvalue weighted by Crippen LogP contribution is 2.55. The fraction of sp³-hybridized carbons (Fsp3) is 0.692. The fourth-order valence-electron chi connectivity index (χ4n) is 2.83. The number of aromatic nitrogens is 2. The molecule has 1 atom stereocenters. The van der Waals surface area contributed by atoms with Crippen LogP contribution in [0.15, 0.2) is 12.4 Å². The van der Waals surface area contributed by atoms with Crippen LogP contribution >= 0.6 is 0 Å². The standard InChI is InChI=1S/C13H16F6N4O/c1-20-9(8-5-21-22(2)6-8)10(24)23-4-3-11(7-23,12(14,15)16)13(17,18)19/h5-6,9,20H,3-4,7H2,1-2H3. The van der Waals surface area contributed by atoms with Crippen LogP contribution in [0.4, 0.5) is 26.3 Å². The van der Waals surface area contributed by atoms with Gasteiger partial charge in [-0.05, 0) is 13.5 Å². The smallest absolute Gasteiger partial charge is 0.340 e. The van der Waals surface area contributed by atoms with E-state index < -0.39 is 49.2 Å². The van der Waals surface area contributed by atoms with Gasteiger partial charge in [-0.3, -0.25) is 9.48 Å². The van der Waals surface area contributed by atoms with Crippen LogP contribution in [0.25, 0.3) is 0 Å². The molecule has 1 unspecified atom stereocenters. The topological polar surface area (TPSA) is 50.2 Å². The van der Waals surface area contributed by atoms with E-state index in [1.807, 2.05) is 0 Å². The van der Waals surface area contributed by atoms with Crippen LogP contribution in [-0.2, 0) is 11.8 Å². The Hall–Kier alpha value is -1.78. The van der Waals surface area contributed by atoms with Crippen molar-refractivity contribution in [2.75, 3.05) is 20.1 Å². The third-order valence-electron chi connectivity index (χ3n) is 4.26. The van der Waals surface area contributed by atoms with Crippen molar-refractivity contribution in [3.63, 3.8) is 0 Å². The second-order valence-electron chi connectivity index (χ2n) is 5.76. The molecule has 2 rings (SSSR count). The summed E-state index contributed by atoms with van der Waals surface area (Å²) < 4.78 is 79.8. The molecule has 2 heterocycles. The number of rotatable bonds is 3. The van der Waals surface area contributed by atoms with E-state index in [1.165, 1.54) is 24.1 Å². The highest BCUT2D eigenvalue weighted by Gasteiger charge is 2.73. The van der Waals surface area contributed by atoms with Crippen molar-refractivity contribution in [1.82, 2.24) is 20.0 Å². The number of carbonyl (C=O) groups excluding carboxylic acids is 1. The van der Waals surface area contributed by atoms with Gasteiger partial charge in [0.05, 0.1) is 6.20 Å². The Morgan fingerprint density at radius 3 is 2.25 bits per heavy atom. The summed E-state index contributed by atoms with van der Waals surface area (Å²) in [5.74, 6) is -0.846. The Morgan fingerprint density at radius 1 is 1.29 bits per heavy atom. The van der Waals surface area contributed by atoms with Gasteiger partial charge in [-0.1, -0.05) is 0 Å². The van der Waals surface area contributed by atoms with Gasteiger partial charge in [0.1, 0.15) is 6.04 Å². The van der Waals surface area contributed by atoms with E-state index in [1.54, 1.807) is 7.05 Å². The van der Waals surface area contributed by atoms with E-state index in [-0.39, 0.29) is 0 Å². The first-order chi connectivity index (χ1) is 10.9. The van der Waals surface area contributed by atoms with Crippen LogP contribution in [0.3, 0.4) is 0 Å². The van der Waals surface area contributed by atoms with Crippen LogP contribution in [0.5, 0.6) is 0 Å². The average molecular weight is 358 g/mol. The summed E-state index contributed by atoms with van der Waals surface area (Å²) >= 11 is 0. The van der Waals surface area contributed by atoms with E-state index in [0.717, 1.165) is 0 Å². The van der Waals surface area contributed by atoms with Crippen molar-refractivity contribution >= 4 is 5.91 Å². The number of alkyl halides is 6. The number of carbonyl (C=O) groups is 1. The van der Waals surface area contributed by atoms with Crippen molar-refractivity contribution in [2.24, 2.45) is 12.5 Å². The first-order valence-electron chi connectivity index (χ1n) is 7.01. The minimum Gasteiger partial charge on any atom is -0.340 e. The van der Waals surface area contributed by atoms with Crippen LogP contribution < -0.4 is 5.32 Å². The average Bonchev–Trinajstić information content (AvgIpc) is 3.05. The van der Waals surface area contributed by atoms with Crippen molar-refractivity contribution in [2.45, 2.75) is 24.8 Å². The van der Waals surface area contributed by atoms with Gasteiger partial charge in [-0.15, -0.1) is 0 Å². The molecule has 1 amide bonds. The van der Waals surface area contributed by atoms with Gasteiger partial charge in [0.15, 0.2) is 5.41 Å². The summed E-state index contributed by atoms with van der Waals surface area (Å²) in [6.07, 6.45) is -9.37. The van der Waals surface area contributed by atoms with Crippen molar-refractivity contribution in [3.05, 3.63) is 18.0 Å². The zero-order chi connectivity index (χ0) is 18.3. The molecule has 11 heteroatoms. The molecule has 0 radical (unpaired) electrons. The molecule has 1 aliphatic rings. The third-order valence-corrected chi connectivity index (χ3v) is 4.26.